The van der Waals surface area contributed by atoms with E-state index in [0.29, 0.717) is 0 Å². The van der Waals surface area contributed by atoms with Crippen LogP contribution >= 0.6 is 15.9 Å². The summed E-state index contributed by atoms with van der Waals surface area (Å²) in [6.07, 6.45) is -10.2. The molecular weight excluding hydrogens is 650 g/mol. The van der Waals surface area contributed by atoms with Gasteiger partial charge in [0.15, 0.2) is 47.7 Å². The van der Waals surface area contributed by atoms with E-state index in [0.717, 1.165) is 17.2 Å². The van der Waals surface area contributed by atoms with Crippen molar-refractivity contribution in [2.75, 3.05) is 24.4 Å². The summed E-state index contributed by atoms with van der Waals surface area (Å²) in [5, 5.41) is 32.1. The molecule has 45 heavy (non-hydrogen) atoms. The summed E-state index contributed by atoms with van der Waals surface area (Å²) in [7, 11) is -7.97. The average Bonchev–Trinajstić information content (AvgIpc) is 3.73. The molecule has 4 aromatic heterocycles. The Bertz CT molecular complexity index is 1850. The second-order valence-corrected chi connectivity index (χ2v) is 12.3. The third-order valence-electron chi connectivity index (χ3n) is 6.93. The Balaban J connectivity index is 1.20. The number of nitrogens with zero attached hydrogens (tertiary/aromatic N) is 7. The van der Waals surface area contributed by atoms with E-state index in [1.807, 2.05) is 0 Å². The zero-order chi connectivity index (χ0) is 32.2. The lowest BCUT2D eigenvalue weighted by molar-refractivity contribution is -0.168. The van der Waals surface area contributed by atoms with Gasteiger partial charge < -0.3 is 45.9 Å². The SMILES string of the molecule is Nc1nc2c(ncn2[C@@H]2O[C@H](CO[P+](=O)O)[C@H](O)[C@@H]2OP(=O)(O)CO[C@H]2O[C@@H](n3cnc4c(N)ncnc43)[C@@H](O)[C@H]2O)c(=O)[nH]1. The topological polar surface area (TPSA) is 341 Å². The molecule has 10 N–H and O–H groups in total. The van der Waals surface area contributed by atoms with Gasteiger partial charge in [0, 0.05) is 4.57 Å². The Hall–Kier alpha value is -3.57. The highest BCUT2D eigenvalue weighted by atomic mass is 31.2. The molecule has 2 saturated heterocycles. The summed E-state index contributed by atoms with van der Waals surface area (Å²) >= 11 is 0. The maximum atomic E-state index is 13.2. The van der Waals surface area contributed by atoms with Gasteiger partial charge in [0.25, 0.3) is 5.56 Å². The quantitative estimate of drug-likeness (QED) is 0.0785. The minimum absolute atomic E-state index is 0.0584. The molecule has 0 saturated carbocycles. The summed E-state index contributed by atoms with van der Waals surface area (Å²) in [5.74, 6) is -0.234. The first-order valence-electron chi connectivity index (χ1n) is 12.8. The van der Waals surface area contributed by atoms with E-state index in [9.17, 15) is 34.1 Å². The van der Waals surface area contributed by atoms with Crippen molar-refractivity contribution in [3.8, 4) is 0 Å². The zero-order valence-corrected chi connectivity index (χ0v) is 24.2. The summed E-state index contributed by atoms with van der Waals surface area (Å²) in [4.78, 5) is 54.1. The number of hydrogen-bond donors (Lipinski definition) is 8. The number of nitrogen functional groups attached to an aromatic ring is 2. The molecule has 23 nitrogen and oxygen atoms in total. The number of fused-ring (bicyclic) bond motifs is 2. The van der Waals surface area contributed by atoms with Crippen LogP contribution < -0.4 is 17.0 Å². The highest BCUT2D eigenvalue weighted by Gasteiger charge is 2.51. The molecule has 0 aliphatic carbocycles. The number of ether oxygens (including phenoxy) is 3. The molecule has 10 atom stereocenters. The first kappa shape index (κ1) is 31.4. The Labute approximate surface area is 249 Å². The maximum Gasteiger partial charge on any atom is 0.694 e. The van der Waals surface area contributed by atoms with Gasteiger partial charge in [-0.2, -0.15) is 4.98 Å². The Morgan fingerprint density at radius 3 is 2.44 bits per heavy atom. The van der Waals surface area contributed by atoms with Gasteiger partial charge in [-0.05, 0) is 0 Å². The molecule has 242 valence electrons. The molecule has 4 aromatic rings. The normalized spacial score (nSPS) is 30.3. The Morgan fingerprint density at radius 1 is 1.00 bits per heavy atom. The zero-order valence-electron chi connectivity index (χ0n) is 22.4. The minimum atomic E-state index is -4.87. The second-order valence-electron chi connectivity index (χ2n) is 9.83. The van der Waals surface area contributed by atoms with Crippen LogP contribution in [0.25, 0.3) is 22.3 Å². The number of nitrogens with two attached hydrogens (primary N) is 2. The lowest BCUT2D eigenvalue weighted by atomic mass is 10.1. The van der Waals surface area contributed by atoms with E-state index in [1.54, 1.807) is 0 Å². The molecule has 2 unspecified atom stereocenters. The van der Waals surface area contributed by atoms with Gasteiger partial charge in [-0.15, -0.1) is 9.42 Å². The Kier molecular flexibility index (Phi) is 8.36. The van der Waals surface area contributed by atoms with Crippen molar-refractivity contribution in [3.63, 3.8) is 0 Å². The predicted octanol–water partition coefficient (Wildman–Crippen LogP) is -2.83. The van der Waals surface area contributed by atoms with Gasteiger partial charge in [-0.1, -0.05) is 0 Å². The predicted molar refractivity (Wildman–Crippen MR) is 145 cm³/mol. The van der Waals surface area contributed by atoms with Gasteiger partial charge in [0.05, 0.1) is 12.7 Å². The first-order chi connectivity index (χ1) is 21.3. The van der Waals surface area contributed by atoms with Gasteiger partial charge in [0.1, 0.15) is 49.0 Å². The number of anilines is 2. The fraction of sp³-hybridized carbons (Fsp3) is 0.500. The molecule has 0 spiro atoms. The van der Waals surface area contributed by atoms with Crippen LogP contribution in [0.4, 0.5) is 11.8 Å². The standard InChI is InChI=1S/C20H24N10O13P2/c21-13-7-14(24-2-23-13)29(3-25-7)17-10(32)11(33)19(42-17)39-5-45(37,38)43-12-9(31)6(1-40-44(35)36)41-18(12)30-4-26-8-15(30)27-20(22)28-16(8)34/h2-4,6,9-12,17-19,31-33H,1,5H2,(H6-,21,22,23,24,27,28,34,35,36,37,38)/p+1/t6-,9+,10+,11-,12+,17-,18-,19+/m1/s1. The van der Waals surface area contributed by atoms with Crippen LogP contribution in [0.1, 0.15) is 12.5 Å². The number of aliphatic hydroxyl groups excluding tert-OH is 3. The number of nitrogens with one attached hydrogen (secondary N) is 1. The number of aliphatic hydroxyl groups is 3. The summed E-state index contributed by atoms with van der Waals surface area (Å²) in [6, 6.07) is 0. The van der Waals surface area contributed by atoms with Crippen LogP contribution in [-0.4, -0.2) is 114 Å². The highest BCUT2D eigenvalue weighted by Crippen LogP contribution is 2.49. The lowest BCUT2D eigenvalue weighted by Gasteiger charge is -2.25. The van der Waals surface area contributed by atoms with E-state index in [2.05, 4.69) is 34.4 Å². The van der Waals surface area contributed by atoms with Crippen LogP contribution in [0.15, 0.2) is 23.8 Å². The maximum absolute atomic E-state index is 13.2. The van der Waals surface area contributed by atoms with E-state index in [1.165, 1.54) is 10.9 Å². The molecule has 0 bridgehead atoms. The van der Waals surface area contributed by atoms with Crippen molar-refractivity contribution in [3.05, 3.63) is 29.3 Å². The molecular formula is C20H25N10O13P2+. The van der Waals surface area contributed by atoms with Crippen molar-refractivity contribution in [2.45, 2.75) is 49.3 Å². The smallest absolute Gasteiger partial charge is 0.387 e. The lowest BCUT2D eigenvalue weighted by Crippen LogP contribution is -2.36. The van der Waals surface area contributed by atoms with Crippen LogP contribution in [0, 0.1) is 0 Å². The van der Waals surface area contributed by atoms with Crippen molar-refractivity contribution in [1.82, 2.24) is 39.0 Å². The third-order valence-corrected chi connectivity index (χ3v) is 8.35. The van der Waals surface area contributed by atoms with E-state index < -0.39 is 83.6 Å². The number of imidazole rings is 2. The van der Waals surface area contributed by atoms with E-state index in [4.69, 9.17) is 35.1 Å². The minimum Gasteiger partial charge on any atom is -0.387 e. The van der Waals surface area contributed by atoms with Crippen LogP contribution in [0.3, 0.4) is 0 Å². The van der Waals surface area contributed by atoms with Crippen LogP contribution in [-0.2, 0) is 32.4 Å². The highest BCUT2D eigenvalue weighted by molar-refractivity contribution is 7.52. The molecule has 2 fully saturated rings. The molecule has 6 rings (SSSR count). The largest absolute Gasteiger partial charge is 0.694 e. The van der Waals surface area contributed by atoms with Crippen molar-refractivity contribution >= 4 is 49.9 Å². The molecule has 0 amide bonds. The fourth-order valence-electron chi connectivity index (χ4n) is 4.90. The van der Waals surface area contributed by atoms with Gasteiger partial charge in [0.2, 0.25) is 5.95 Å². The number of H-pyrrole nitrogens is 1. The molecule has 0 radical (unpaired) electrons. The van der Waals surface area contributed by atoms with Gasteiger partial charge >= 0.3 is 15.9 Å². The summed E-state index contributed by atoms with van der Waals surface area (Å²) in [5.41, 5.74) is 10.8. The molecule has 25 heteroatoms. The third kappa shape index (κ3) is 5.92. The summed E-state index contributed by atoms with van der Waals surface area (Å²) in [6.45, 7) is -0.640. The van der Waals surface area contributed by atoms with Crippen molar-refractivity contribution < 1.29 is 57.5 Å². The number of hydrogen-bond acceptors (Lipinski definition) is 18. The molecule has 2 aliphatic heterocycles. The monoisotopic (exact) mass is 675 g/mol. The van der Waals surface area contributed by atoms with Crippen molar-refractivity contribution in [1.29, 1.82) is 0 Å². The summed E-state index contributed by atoms with van der Waals surface area (Å²) < 4.78 is 53.3. The van der Waals surface area contributed by atoms with Crippen LogP contribution in [0.2, 0.25) is 0 Å². The van der Waals surface area contributed by atoms with Gasteiger partial charge in [-0.3, -0.25) is 28.0 Å². The fourth-order valence-corrected chi connectivity index (χ4v) is 6.18. The number of aromatic amines is 1. The number of rotatable bonds is 10. The van der Waals surface area contributed by atoms with Crippen LogP contribution in [0.5, 0.6) is 0 Å². The number of aromatic nitrogens is 8. The van der Waals surface area contributed by atoms with Crippen molar-refractivity contribution in [2.24, 2.45) is 0 Å². The Morgan fingerprint density at radius 2 is 1.71 bits per heavy atom. The second kappa shape index (κ2) is 12.0. The average molecular weight is 675 g/mol. The van der Waals surface area contributed by atoms with E-state index in [-0.39, 0.29) is 34.1 Å². The van der Waals surface area contributed by atoms with E-state index >= 15 is 0 Å². The van der Waals surface area contributed by atoms with Gasteiger partial charge in [-0.25, -0.2) is 19.9 Å². The molecule has 0 aromatic carbocycles. The molecule has 2 aliphatic rings. The first-order valence-corrected chi connectivity index (χ1v) is 15.6. The molecule has 6 heterocycles.